The van der Waals surface area contributed by atoms with Gasteiger partial charge in [-0.1, -0.05) is 53.3 Å². The minimum absolute atomic E-state index is 0.0439. The predicted octanol–water partition coefficient (Wildman–Crippen LogP) is 0.194. The molecule has 0 aromatic rings. The maximum Gasteiger partial charge on any atom is 0.306 e. The molecule has 0 bridgehead atoms. The van der Waals surface area contributed by atoms with Gasteiger partial charge < -0.3 is 46.6 Å². The van der Waals surface area contributed by atoms with Crippen LogP contribution in [0.5, 0.6) is 0 Å². The van der Waals surface area contributed by atoms with Gasteiger partial charge in [0.2, 0.25) is 28.7 Å². The number of aliphatic hydroxyl groups excluding tert-OH is 3. The van der Waals surface area contributed by atoms with Crippen LogP contribution in [0.3, 0.4) is 0 Å². The van der Waals surface area contributed by atoms with E-state index in [-0.39, 0.29) is 42.7 Å². The number of hydrogen-bond donors (Lipinski definition) is 7. The third-order valence-electron chi connectivity index (χ3n) is 10.6. The van der Waals surface area contributed by atoms with Crippen LogP contribution >= 0.6 is 11.8 Å². The molecule has 2 unspecified atom stereocenters. The summed E-state index contributed by atoms with van der Waals surface area (Å²) >= 11 is 0.939. The standard InChI is InChI=1S/C41H69N5O13S/c1-10-26(18-31(51)35(24(8)48)45-39(56)34(42)22(5)6)37(54)44-36(25(9)49)32(52)19-27(21(3)4)38(55)43-28(20-47)30(50)17-23(7)40(57)46-15-12-13-29(46)41(58)60-16-14-33(53)59-11-2/h21-29,34-36,47-49H,10-20,42H2,1-9H3,(H,43,55)(H,44,54)(H,45,56)/t23-,24?,25?,26-,27+,28+,29+,34+,35+,36+/m1/s1. The Morgan fingerprint density at radius 3 is 1.83 bits per heavy atom. The van der Waals surface area contributed by atoms with Gasteiger partial charge in [0.05, 0.1) is 37.9 Å². The smallest absolute Gasteiger partial charge is 0.306 e. The number of esters is 1. The van der Waals surface area contributed by atoms with Gasteiger partial charge >= 0.3 is 5.97 Å². The molecule has 1 aliphatic rings. The van der Waals surface area contributed by atoms with E-state index in [1.807, 2.05) is 0 Å². The van der Waals surface area contributed by atoms with E-state index in [0.717, 1.165) is 11.8 Å². The van der Waals surface area contributed by atoms with Gasteiger partial charge in [-0.2, -0.15) is 0 Å². The second-order valence-electron chi connectivity index (χ2n) is 16.2. The van der Waals surface area contributed by atoms with Crippen LogP contribution in [0, 0.1) is 29.6 Å². The Kier molecular flexibility index (Phi) is 24.0. The molecule has 10 atom stereocenters. The number of hydrogen-bond acceptors (Lipinski definition) is 15. The molecule has 342 valence electrons. The number of amides is 4. The second-order valence-corrected chi connectivity index (χ2v) is 17.3. The zero-order valence-corrected chi connectivity index (χ0v) is 37.4. The number of Topliss-reactive ketones (excluding diaryl/α,β-unsaturated/α-hetero) is 3. The first-order valence-corrected chi connectivity index (χ1v) is 21.9. The SMILES string of the molecule is CCOC(=O)CCSC(=O)[C@@H]1CCCN1C(=O)[C@H](C)CC(=O)[C@H](CO)NC(=O)[C@@H](CC(=O)[C@@H](NC(=O)[C@H](CC)CC(=O)[C@@H](NC(=O)[C@@H](N)C(C)C)C(C)O)C(C)O)C(C)C. The largest absolute Gasteiger partial charge is 0.466 e. The number of aliphatic hydroxyl groups is 3. The van der Waals surface area contributed by atoms with Crippen molar-refractivity contribution >= 4 is 63.8 Å². The Hall–Kier alpha value is -3.78. The summed E-state index contributed by atoms with van der Waals surface area (Å²) in [6.45, 7) is 13.8. The van der Waals surface area contributed by atoms with E-state index in [9.17, 15) is 58.5 Å². The molecule has 0 aliphatic carbocycles. The van der Waals surface area contributed by atoms with Crippen LogP contribution in [0.25, 0.3) is 0 Å². The van der Waals surface area contributed by atoms with Gasteiger partial charge in [-0.25, -0.2) is 0 Å². The van der Waals surface area contributed by atoms with Gasteiger partial charge in [-0.3, -0.25) is 43.2 Å². The van der Waals surface area contributed by atoms with E-state index in [4.69, 9.17) is 10.5 Å². The zero-order chi connectivity index (χ0) is 46.0. The number of rotatable bonds is 27. The van der Waals surface area contributed by atoms with E-state index in [1.165, 1.54) is 25.7 Å². The molecule has 19 heteroatoms. The summed E-state index contributed by atoms with van der Waals surface area (Å²) in [5, 5.41) is 38.1. The lowest BCUT2D eigenvalue weighted by Crippen LogP contribution is -2.55. The maximum absolute atomic E-state index is 13.6. The third kappa shape index (κ3) is 16.9. The van der Waals surface area contributed by atoms with Gasteiger partial charge in [-0.15, -0.1) is 0 Å². The van der Waals surface area contributed by atoms with Crippen molar-refractivity contribution in [3.05, 3.63) is 0 Å². The Morgan fingerprint density at radius 2 is 1.33 bits per heavy atom. The lowest BCUT2D eigenvalue weighted by Gasteiger charge is -2.28. The highest BCUT2D eigenvalue weighted by atomic mass is 32.2. The lowest BCUT2D eigenvalue weighted by molar-refractivity contribution is -0.142. The Labute approximate surface area is 357 Å². The van der Waals surface area contributed by atoms with Crippen molar-refractivity contribution in [1.82, 2.24) is 20.9 Å². The maximum atomic E-state index is 13.6. The molecular formula is C41H69N5O13S. The highest BCUT2D eigenvalue weighted by Gasteiger charge is 2.39. The molecule has 8 N–H and O–H groups in total. The van der Waals surface area contributed by atoms with Crippen molar-refractivity contribution in [3.63, 3.8) is 0 Å². The second kappa shape index (κ2) is 26.5. The summed E-state index contributed by atoms with van der Waals surface area (Å²) in [7, 11) is 0. The Morgan fingerprint density at radius 1 is 0.767 bits per heavy atom. The molecule has 18 nitrogen and oxygen atoms in total. The van der Waals surface area contributed by atoms with Crippen molar-refractivity contribution in [3.8, 4) is 0 Å². The molecule has 1 saturated heterocycles. The number of ether oxygens (including phenoxy) is 1. The van der Waals surface area contributed by atoms with Crippen LogP contribution in [0.2, 0.25) is 0 Å². The third-order valence-corrected chi connectivity index (χ3v) is 11.6. The molecule has 1 aliphatic heterocycles. The van der Waals surface area contributed by atoms with Gasteiger partial charge in [0.15, 0.2) is 17.3 Å². The summed E-state index contributed by atoms with van der Waals surface area (Å²) in [5.41, 5.74) is 5.88. The Balaban J connectivity index is 2.98. The molecule has 60 heavy (non-hydrogen) atoms. The number of likely N-dealkylation sites (tertiary alicyclic amines) is 1. The van der Waals surface area contributed by atoms with Crippen LogP contribution in [-0.2, 0) is 47.9 Å². The van der Waals surface area contributed by atoms with E-state index < -0.39 is 132 Å². The molecule has 0 saturated carbocycles. The van der Waals surface area contributed by atoms with E-state index >= 15 is 0 Å². The van der Waals surface area contributed by atoms with Crippen molar-refractivity contribution in [1.29, 1.82) is 0 Å². The normalized spacial score (nSPS) is 18.6. The van der Waals surface area contributed by atoms with Crippen LogP contribution in [-0.4, -0.2) is 140 Å². The highest BCUT2D eigenvalue weighted by Crippen LogP contribution is 2.26. The molecule has 1 fully saturated rings. The van der Waals surface area contributed by atoms with Crippen molar-refractivity contribution in [2.24, 2.45) is 35.3 Å². The van der Waals surface area contributed by atoms with E-state index in [1.54, 1.807) is 41.5 Å². The minimum Gasteiger partial charge on any atom is -0.466 e. The molecule has 0 radical (unpaired) electrons. The average molecular weight is 872 g/mol. The van der Waals surface area contributed by atoms with Crippen molar-refractivity contribution in [2.45, 2.75) is 150 Å². The fourth-order valence-electron chi connectivity index (χ4n) is 6.69. The molecule has 1 rings (SSSR count). The van der Waals surface area contributed by atoms with E-state index in [2.05, 4.69) is 16.0 Å². The summed E-state index contributed by atoms with van der Waals surface area (Å²) in [6.07, 6.45) is -2.82. The molecule has 0 aromatic carbocycles. The number of carbonyl (C=O) groups is 9. The topological polar surface area (TPSA) is 289 Å². The summed E-state index contributed by atoms with van der Waals surface area (Å²) in [5.74, 6) is -8.58. The molecule has 4 amide bonds. The predicted molar refractivity (Wildman–Crippen MR) is 223 cm³/mol. The first-order valence-electron chi connectivity index (χ1n) is 20.9. The van der Waals surface area contributed by atoms with Gasteiger partial charge in [0, 0.05) is 49.3 Å². The molecular weight excluding hydrogens is 803 g/mol. The van der Waals surface area contributed by atoms with Crippen LogP contribution in [0.4, 0.5) is 0 Å². The molecule has 1 heterocycles. The fraction of sp³-hybridized carbons (Fsp3) is 0.780. The van der Waals surface area contributed by atoms with Gasteiger partial charge in [0.1, 0.15) is 24.2 Å². The van der Waals surface area contributed by atoms with Gasteiger partial charge in [0.25, 0.3) is 0 Å². The monoisotopic (exact) mass is 871 g/mol. The van der Waals surface area contributed by atoms with Crippen LogP contribution in [0.15, 0.2) is 0 Å². The number of thioether (sulfide) groups is 1. The Bertz CT molecular complexity index is 1510. The summed E-state index contributed by atoms with van der Waals surface area (Å²) in [4.78, 5) is 119. The number of nitrogens with one attached hydrogen (secondary N) is 3. The number of nitrogens with two attached hydrogens (primary N) is 1. The summed E-state index contributed by atoms with van der Waals surface area (Å²) in [6, 6.07) is -5.93. The van der Waals surface area contributed by atoms with Crippen LogP contribution < -0.4 is 21.7 Å². The number of ketones is 3. The molecule has 0 spiro atoms. The van der Waals surface area contributed by atoms with E-state index in [0.29, 0.717) is 19.4 Å². The zero-order valence-electron chi connectivity index (χ0n) is 36.6. The van der Waals surface area contributed by atoms with Crippen molar-refractivity contribution < 1.29 is 63.2 Å². The number of nitrogens with zero attached hydrogens (tertiary/aromatic N) is 1. The minimum atomic E-state index is -1.49. The first-order chi connectivity index (χ1) is 28.0. The van der Waals surface area contributed by atoms with Crippen molar-refractivity contribution in [2.75, 3.05) is 25.5 Å². The molecule has 0 aromatic heterocycles. The van der Waals surface area contributed by atoms with Crippen LogP contribution in [0.1, 0.15) is 107 Å². The van der Waals surface area contributed by atoms with Gasteiger partial charge in [-0.05, 0) is 51.9 Å². The number of carbonyl (C=O) groups excluding carboxylic acids is 9. The highest BCUT2D eigenvalue weighted by molar-refractivity contribution is 8.13. The quantitative estimate of drug-likeness (QED) is 0.0543. The summed E-state index contributed by atoms with van der Waals surface area (Å²) < 4.78 is 4.88. The fourth-order valence-corrected chi connectivity index (χ4v) is 7.60. The average Bonchev–Trinajstić information content (AvgIpc) is 3.67. The first kappa shape index (κ1) is 54.2. The lowest BCUT2D eigenvalue weighted by atomic mass is 9.86.